The summed E-state index contributed by atoms with van der Waals surface area (Å²) in [6.07, 6.45) is 5.47. The Labute approximate surface area is 115 Å². The number of hydrogen-bond acceptors (Lipinski definition) is 2. The molecule has 2 rings (SSSR count). The average Bonchev–Trinajstić information content (AvgIpc) is 3.21. The van der Waals surface area contributed by atoms with Gasteiger partial charge in [0.05, 0.1) is 0 Å². The zero-order valence-corrected chi connectivity index (χ0v) is 12.4. The van der Waals surface area contributed by atoms with Gasteiger partial charge in [-0.15, -0.1) is 0 Å². The Morgan fingerprint density at radius 2 is 1.84 bits per heavy atom. The summed E-state index contributed by atoms with van der Waals surface area (Å²) in [5.41, 5.74) is -0.607. The number of carbonyl (C=O) groups is 2. The summed E-state index contributed by atoms with van der Waals surface area (Å²) in [6.45, 7) is 6.84. The smallest absolute Gasteiger partial charge is 0.246 e. The standard InChI is InChI=1S/C15H26N2O2/c1-4-7-12-13(18)17(10-11-8-9-11)15(5-2,6-3)14(19)16-12/h11-12H,4-10H2,1-3H3,(H,16,19). The van der Waals surface area contributed by atoms with Crippen LogP contribution in [-0.2, 0) is 9.59 Å². The summed E-state index contributed by atoms with van der Waals surface area (Å²) >= 11 is 0. The second-order valence-corrected chi connectivity index (χ2v) is 5.95. The van der Waals surface area contributed by atoms with Crippen molar-refractivity contribution in [1.82, 2.24) is 10.2 Å². The topological polar surface area (TPSA) is 49.4 Å². The molecule has 1 saturated carbocycles. The van der Waals surface area contributed by atoms with Crippen molar-refractivity contribution in [2.75, 3.05) is 6.54 Å². The molecule has 0 aromatic carbocycles. The highest BCUT2D eigenvalue weighted by Crippen LogP contribution is 2.36. The maximum atomic E-state index is 12.7. The first-order valence-electron chi connectivity index (χ1n) is 7.71. The van der Waals surface area contributed by atoms with Gasteiger partial charge in [0, 0.05) is 6.54 Å². The summed E-state index contributed by atoms with van der Waals surface area (Å²) in [5.74, 6) is 0.808. The number of rotatable bonds is 6. The molecule has 1 N–H and O–H groups in total. The fraction of sp³-hybridized carbons (Fsp3) is 0.867. The summed E-state index contributed by atoms with van der Waals surface area (Å²) < 4.78 is 0. The lowest BCUT2D eigenvalue weighted by Crippen LogP contribution is -2.70. The highest BCUT2D eigenvalue weighted by atomic mass is 16.2. The monoisotopic (exact) mass is 266 g/mol. The lowest BCUT2D eigenvalue weighted by molar-refractivity contribution is -0.158. The van der Waals surface area contributed by atoms with E-state index in [4.69, 9.17) is 0 Å². The average molecular weight is 266 g/mol. The Morgan fingerprint density at radius 3 is 2.32 bits per heavy atom. The van der Waals surface area contributed by atoms with Gasteiger partial charge < -0.3 is 10.2 Å². The quantitative estimate of drug-likeness (QED) is 0.800. The van der Waals surface area contributed by atoms with Gasteiger partial charge in [-0.3, -0.25) is 9.59 Å². The molecule has 19 heavy (non-hydrogen) atoms. The lowest BCUT2D eigenvalue weighted by Gasteiger charge is -2.48. The molecule has 0 spiro atoms. The van der Waals surface area contributed by atoms with Gasteiger partial charge in [0.25, 0.3) is 0 Å². The van der Waals surface area contributed by atoms with Crippen molar-refractivity contribution >= 4 is 11.8 Å². The second-order valence-electron chi connectivity index (χ2n) is 5.95. The zero-order valence-electron chi connectivity index (χ0n) is 12.4. The number of nitrogens with one attached hydrogen (secondary N) is 1. The van der Waals surface area contributed by atoms with Crippen molar-refractivity contribution in [3.8, 4) is 0 Å². The van der Waals surface area contributed by atoms with Gasteiger partial charge in [-0.2, -0.15) is 0 Å². The van der Waals surface area contributed by atoms with E-state index in [-0.39, 0.29) is 17.9 Å². The van der Waals surface area contributed by atoms with E-state index in [1.165, 1.54) is 12.8 Å². The molecule has 4 heteroatoms. The van der Waals surface area contributed by atoms with E-state index in [0.717, 1.165) is 19.4 Å². The molecule has 108 valence electrons. The Balaban J connectivity index is 2.25. The van der Waals surface area contributed by atoms with E-state index in [9.17, 15) is 9.59 Å². The summed E-state index contributed by atoms with van der Waals surface area (Å²) in [5, 5.41) is 2.95. The third-order valence-corrected chi connectivity index (χ3v) is 4.69. The predicted molar refractivity (Wildman–Crippen MR) is 74.6 cm³/mol. The Bertz CT molecular complexity index is 359. The molecule has 4 nitrogen and oxygen atoms in total. The molecule has 1 saturated heterocycles. The first kappa shape index (κ1) is 14.4. The van der Waals surface area contributed by atoms with E-state index in [1.807, 2.05) is 25.7 Å². The van der Waals surface area contributed by atoms with Crippen molar-refractivity contribution in [2.45, 2.75) is 70.9 Å². The van der Waals surface area contributed by atoms with Crippen molar-refractivity contribution in [2.24, 2.45) is 5.92 Å². The number of carbonyl (C=O) groups excluding carboxylic acids is 2. The third-order valence-electron chi connectivity index (χ3n) is 4.69. The van der Waals surface area contributed by atoms with Crippen LogP contribution in [0.2, 0.25) is 0 Å². The second kappa shape index (κ2) is 5.51. The van der Waals surface area contributed by atoms with E-state index in [1.54, 1.807) is 0 Å². The van der Waals surface area contributed by atoms with Crippen LogP contribution in [-0.4, -0.2) is 34.8 Å². The minimum atomic E-state index is -0.607. The van der Waals surface area contributed by atoms with Crippen molar-refractivity contribution in [1.29, 1.82) is 0 Å². The van der Waals surface area contributed by atoms with Gasteiger partial charge in [-0.25, -0.2) is 0 Å². The van der Waals surface area contributed by atoms with Crippen LogP contribution in [0, 0.1) is 5.92 Å². The minimum Gasteiger partial charge on any atom is -0.342 e. The van der Waals surface area contributed by atoms with Crippen LogP contribution in [0.4, 0.5) is 0 Å². The van der Waals surface area contributed by atoms with Crippen LogP contribution in [0.5, 0.6) is 0 Å². The fourth-order valence-electron chi connectivity index (χ4n) is 3.14. The van der Waals surface area contributed by atoms with E-state index >= 15 is 0 Å². The molecule has 0 bridgehead atoms. The Kier molecular flexibility index (Phi) is 4.16. The van der Waals surface area contributed by atoms with Crippen LogP contribution < -0.4 is 5.32 Å². The van der Waals surface area contributed by atoms with E-state index in [0.29, 0.717) is 18.8 Å². The first-order valence-corrected chi connectivity index (χ1v) is 7.71. The largest absolute Gasteiger partial charge is 0.342 e. The van der Waals surface area contributed by atoms with E-state index in [2.05, 4.69) is 5.32 Å². The molecular formula is C15H26N2O2. The van der Waals surface area contributed by atoms with Gasteiger partial charge in [0.2, 0.25) is 11.8 Å². The molecule has 0 aromatic heterocycles. The fourth-order valence-corrected chi connectivity index (χ4v) is 3.14. The number of piperazine rings is 1. The number of hydrogen-bond donors (Lipinski definition) is 1. The number of amides is 2. The van der Waals surface area contributed by atoms with Crippen molar-refractivity contribution in [3.05, 3.63) is 0 Å². The molecule has 0 radical (unpaired) electrons. The molecule has 1 heterocycles. The molecule has 2 fully saturated rings. The summed E-state index contributed by atoms with van der Waals surface area (Å²) in [7, 11) is 0. The maximum absolute atomic E-state index is 12.7. The SMILES string of the molecule is CCCC1NC(=O)C(CC)(CC)N(CC2CC2)C1=O. The van der Waals surface area contributed by atoms with Crippen LogP contribution in [0.25, 0.3) is 0 Å². The van der Waals surface area contributed by atoms with E-state index < -0.39 is 5.54 Å². The van der Waals surface area contributed by atoms with Gasteiger partial charge in [-0.1, -0.05) is 27.2 Å². The molecule has 1 unspecified atom stereocenters. The highest BCUT2D eigenvalue weighted by molar-refractivity contribution is 5.99. The van der Waals surface area contributed by atoms with Gasteiger partial charge in [0.15, 0.2) is 0 Å². The highest BCUT2D eigenvalue weighted by Gasteiger charge is 2.51. The third kappa shape index (κ3) is 2.49. The summed E-state index contributed by atoms with van der Waals surface area (Å²) in [4.78, 5) is 27.1. The first-order chi connectivity index (χ1) is 9.08. The Morgan fingerprint density at radius 1 is 1.21 bits per heavy atom. The molecule has 0 aromatic rings. The normalized spacial score (nSPS) is 26.5. The maximum Gasteiger partial charge on any atom is 0.246 e. The van der Waals surface area contributed by atoms with Crippen LogP contribution in [0.1, 0.15) is 59.3 Å². The molecule has 1 aliphatic carbocycles. The van der Waals surface area contributed by atoms with Crippen LogP contribution >= 0.6 is 0 Å². The number of nitrogens with zero attached hydrogens (tertiary/aromatic N) is 1. The molecular weight excluding hydrogens is 240 g/mol. The predicted octanol–water partition coefficient (Wildman–Crippen LogP) is 2.08. The lowest BCUT2D eigenvalue weighted by atomic mass is 9.85. The molecule has 1 atom stereocenters. The van der Waals surface area contributed by atoms with Crippen LogP contribution in [0.3, 0.4) is 0 Å². The molecule has 2 amide bonds. The van der Waals surface area contributed by atoms with Crippen molar-refractivity contribution in [3.63, 3.8) is 0 Å². The summed E-state index contributed by atoms with van der Waals surface area (Å²) in [6, 6.07) is -0.303. The zero-order chi connectivity index (χ0) is 14.0. The molecule has 1 aliphatic heterocycles. The minimum absolute atomic E-state index is 0.0520. The van der Waals surface area contributed by atoms with Gasteiger partial charge in [-0.05, 0) is 38.0 Å². The van der Waals surface area contributed by atoms with Crippen LogP contribution in [0.15, 0.2) is 0 Å². The van der Waals surface area contributed by atoms with Gasteiger partial charge in [0.1, 0.15) is 11.6 Å². The Hall–Kier alpha value is -1.06. The molecule has 2 aliphatic rings. The van der Waals surface area contributed by atoms with Crippen molar-refractivity contribution < 1.29 is 9.59 Å². The van der Waals surface area contributed by atoms with Gasteiger partial charge >= 0.3 is 0 Å².